The van der Waals surface area contributed by atoms with Gasteiger partial charge in [0.1, 0.15) is 12.4 Å². The van der Waals surface area contributed by atoms with Crippen LogP contribution < -0.4 is 15.4 Å². The predicted molar refractivity (Wildman–Crippen MR) is 108 cm³/mol. The van der Waals surface area contributed by atoms with E-state index in [-0.39, 0.29) is 11.9 Å². The highest BCUT2D eigenvalue weighted by Gasteiger charge is 2.37. The standard InChI is InChI=1S/C22H33N3O3/c26-22(21-15-18-5-1-2-7-20(18)24-21)23-16-17-4-3-6-19(14-17)28-13-10-25-8-11-27-12-9-25/h3-4,6,14,18,20-21,24H,1-2,5,7-13,15-16H2,(H,23,26). The molecule has 0 spiro atoms. The Labute approximate surface area is 168 Å². The number of benzene rings is 1. The minimum atomic E-state index is -0.0268. The van der Waals surface area contributed by atoms with E-state index >= 15 is 0 Å². The van der Waals surface area contributed by atoms with E-state index in [1.165, 1.54) is 25.7 Å². The number of nitrogens with zero attached hydrogens (tertiary/aromatic N) is 1. The van der Waals surface area contributed by atoms with Crippen molar-refractivity contribution in [1.29, 1.82) is 0 Å². The first-order valence-corrected chi connectivity index (χ1v) is 10.8. The van der Waals surface area contributed by atoms with Gasteiger partial charge in [-0.15, -0.1) is 0 Å². The molecule has 2 N–H and O–H groups in total. The number of carbonyl (C=O) groups excluding carboxylic acids is 1. The Morgan fingerprint density at radius 2 is 2.11 bits per heavy atom. The van der Waals surface area contributed by atoms with Crippen LogP contribution >= 0.6 is 0 Å². The largest absolute Gasteiger partial charge is 0.492 e. The molecule has 2 aliphatic heterocycles. The first kappa shape index (κ1) is 19.7. The van der Waals surface area contributed by atoms with E-state index in [0.717, 1.165) is 50.6 Å². The molecular weight excluding hydrogens is 354 g/mol. The van der Waals surface area contributed by atoms with Crippen molar-refractivity contribution in [2.24, 2.45) is 5.92 Å². The molecule has 1 aliphatic carbocycles. The lowest BCUT2D eigenvalue weighted by atomic mass is 9.85. The molecule has 0 bridgehead atoms. The van der Waals surface area contributed by atoms with Gasteiger partial charge in [0.05, 0.1) is 19.3 Å². The van der Waals surface area contributed by atoms with Crippen molar-refractivity contribution in [2.75, 3.05) is 39.5 Å². The quantitative estimate of drug-likeness (QED) is 0.749. The Morgan fingerprint density at radius 1 is 1.25 bits per heavy atom. The van der Waals surface area contributed by atoms with Crippen LogP contribution in [0.15, 0.2) is 24.3 Å². The van der Waals surface area contributed by atoms with Gasteiger partial charge < -0.3 is 20.1 Å². The normalized spacial score (nSPS) is 27.9. The van der Waals surface area contributed by atoms with Crippen LogP contribution in [-0.2, 0) is 16.1 Å². The third-order valence-electron chi connectivity index (χ3n) is 6.32. The number of morpholine rings is 1. The van der Waals surface area contributed by atoms with Crippen molar-refractivity contribution >= 4 is 5.91 Å². The molecule has 4 rings (SSSR count). The molecule has 1 aromatic carbocycles. The van der Waals surface area contributed by atoms with E-state index < -0.39 is 0 Å². The van der Waals surface area contributed by atoms with Gasteiger partial charge in [-0.3, -0.25) is 9.69 Å². The second-order valence-electron chi connectivity index (χ2n) is 8.27. The summed E-state index contributed by atoms with van der Waals surface area (Å²) in [5, 5.41) is 6.66. The molecule has 3 atom stereocenters. The molecule has 6 heteroatoms. The van der Waals surface area contributed by atoms with E-state index in [0.29, 0.717) is 25.1 Å². The fraction of sp³-hybridized carbons (Fsp3) is 0.682. The molecule has 0 aromatic heterocycles. The molecule has 1 amide bonds. The summed E-state index contributed by atoms with van der Waals surface area (Å²) in [7, 11) is 0. The fourth-order valence-corrected chi connectivity index (χ4v) is 4.70. The molecule has 2 heterocycles. The van der Waals surface area contributed by atoms with Crippen molar-refractivity contribution < 1.29 is 14.3 Å². The Morgan fingerprint density at radius 3 is 2.96 bits per heavy atom. The van der Waals surface area contributed by atoms with Crippen molar-refractivity contribution in [3.05, 3.63) is 29.8 Å². The van der Waals surface area contributed by atoms with Crippen molar-refractivity contribution in [3.63, 3.8) is 0 Å². The van der Waals surface area contributed by atoms with Gasteiger partial charge in [0.2, 0.25) is 5.91 Å². The monoisotopic (exact) mass is 387 g/mol. The van der Waals surface area contributed by atoms with Gasteiger partial charge in [0, 0.05) is 32.2 Å². The van der Waals surface area contributed by atoms with E-state index in [9.17, 15) is 4.79 Å². The number of rotatable bonds is 7. The molecular formula is C22H33N3O3. The summed E-state index contributed by atoms with van der Waals surface area (Å²) in [5.41, 5.74) is 1.08. The lowest BCUT2D eigenvalue weighted by Crippen LogP contribution is -2.42. The maximum atomic E-state index is 12.6. The minimum absolute atomic E-state index is 0.0268. The molecule has 0 radical (unpaired) electrons. The molecule has 28 heavy (non-hydrogen) atoms. The molecule has 2 saturated heterocycles. The first-order chi connectivity index (χ1) is 13.8. The zero-order valence-electron chi connectivity index (χ0n) is 16.7. The maximum absolute atomic E-state index is 12.6. The second-order valence-corrected chi connectivity index (χ2v) is 8.27. The van der Waals surface area contributed by atoms with E-state index in [1.807, 2.05) is 24.3 Å². The minimum Gasteiger partial charge on any atom is -0.492 e. The van der Waals surface area contributed by atoms with Crippen LogP contribution in [0, 0.1) is 5.92 Å². The number of nitrogens with one attached hydrogen (secondary N) is 2. The molecule has 3 unspecified atom stereocenters. The third kappa shape index (κ3) is 5.25. The highest BCUT2D eigenvalue weighted by molar-refractivity contribution is 5.82. The third-order valence-corrected chi connectivity index (χ3v) is 6.32. The van der Waals surface area contributed by atoms with Gasteiger partial charge in [-0.2, -0.15) is 0 Å². The van der Waals surface area contributed by atoms with Crippen LogP contribution in [0.4, 0.5) is 0 Å². The maximum Gasteiger partial charge on any atom is 0.237 e. The summed E-state index contributed by atoms with van der Waals surface area (Å²) >= 11 is 0. The average Bonchev–Trinajstić information content (AvgIpc) is 3.18. The predicted octanol–water partition coefficient (Wildman–Crippen LogP) is 1.93. The number of amides is 1. The van der Waals surface area contributed by atoms with E-state index in [2.05, 4.69) is 15.5 Å². The lowest BCUT2D eigenvalue weighted by Gasteiger charge is -2.26. The molecule has 3 fully saturated rings. The lowest BCUT2D eigenvalue weighted by molar-refractivity contribution is -0.123. The summed E-state index contributed by atoms with van der Waals surface area (Å²) < 4.78 is 11.3. The summed E-state index contributed by atoms with van der Waals surface area (Å²) in [6.07, 6.45) is 6.08. The van der Waals surface area contributed by atoms with Gasteiger partial charge in [-0.25, -0.2) is 0 Å². The fourth-order valence-electron chi connectivity index (χ4n) is 4.70. The number of carbonyl (C=O) groups is 1. The van der Waals surface area contributed by atoms with Crippen molar-refractivity contribution in [1.82, 2.24) is 15.5 Å². The zero-order valence-corrected chi connectivity index (χ0v) is 16.7. The summed E-state index contributed by atoms with van der Waals surface area (Å²) in [6.45, 7) is 5.72. The highest BCUT2D eigenvalue weighted by Crippen LogP contribution is 2.33. The average molecular weight is 388 g/mol. The molecule has 6 nitrogen and oxygen atoms in total. The Balaban J connectivity index is 1.20. The van der Waals surface area contributed by atoms with Crippen molar-refractivity contribution in [2.45, 2.75) is 50.7 Å². The second kappa shape index (κ2) is 9.72. The Kier molecular flexibility index (Phi) is 6.83. The van der Waals surface area contributed by atoms with Gasteiger partial charge in [-0.05, 0) is 42.9 Å². The van der Waals surface area contributed by atoms with Gasteiger partial charge in [-0.1, -0.05) is 25.0 Å². The van der Waals surface area contributed by atoms with Gasteiger partial charge in [0.15, 0.2) is 0 Å². The first-order valence-electron chi connectivity index (χ1n) is 10.8. The summed E-state index contributed by atoms with van der Waals surface area (Å²) in [6, 6.07) is 8.56. The molecule has 1 aromatic rings. The van der Waals surface area contributed by atoms with Crippen LogP contribution in [0.1, 0.15) is 37.7 Å². The number of fused-ring (bicyclic) bond motifs is 1. The summed E-state index contributed by atoms with van der Waals surface area (Å²) in [5.74, 6) is 1.69. The SMILES string of the molecule is O=C(NCc1cccc(OCCN2CCOCC2)c1)C1CC2CCCCC2N1. The molecule has 1 saturated carbocycles. The van der Waals surface area contributed by atoms with Crippen LogP contribution in [-0.4, -0.2) is 62.3 Å². The topological polar surface area (TPSA) is 62.8 Å². The molecule has 3 aliphatic rings. The van der Waals surface area contributed by atoms with Gasteiger partial charge in [0.25, 0.3) is 0 Å². The molecule has 154 valence electrons. The van der Waals surface area contributed by atoms with Crippen LogP contribution in [0.2, 0.25) is 0 Å². The van der Waals surface area contributed by atoms with Crippen LogP contribution in [0.5, 0.6) is 5.75 Å². The van der Waals surface area contributed by atoms with E-state index in [4.69, 9.17) is 9.47 Å². The Hall–Kier alpha value is -1.63. The smallest absolute Gasteiger partial charge is 0.237 e. The number of hydrogen-bond acceptors (Lipinski definition) is 5. The van der Waals surface area contributed by atoms with Crippen LogP contribution in [0.25, 0.3) is 0 Å². The summed E-state index contributed by atoms with van der Waals surface area (Å²) in [4.78, 5) is 14.9. The van der Waals surface area contributed by atoms with Gasteiger partial charge >= 0.3 is 0 Å². The number of hydrogen-bond donors (Lipinski definition) is 2. The highest BCUT2D eigenvalue weighted by atomic mass is 16.5. The Bertz CT molecular complexity index is 634. The number of ether oxygens (including phenoxy) is 2. The zero-order chi connectivity index (χ0) is 19.2. The van der Waals surface area contributed by atoms with Crippen LogP contribution in [0.3, 0.4) is 0 Å². The van der Waals surface area contributed by atoms with Crippen molar-refractivity contribution in [3.8, 4) is 5.75 Å². The van der Waals surface area contributed by atoms with E-state index in [1.54, 1.807) is 0 Å².